The molecule has 0 radical (unpaired) electrons. The van der Waals surface area contributed by atoms with Crippen LogP contribution >= 0.6 is 0 Å². The van der Waals surface area contributed by atoms with Crippen LogP contribution in [0, 0.1) is 22.7 Å². The van der Waals surface area contributed by atoms with E-state index in [1.165, 1.54) is 12.1 Å². The molecule has 0 amide bonds. The van der Waals surface area contributed by atoms with Crippen molar-refractivity contribution in [2.24, 2.45) is 0 Å². The third-order valence-corrected chi connectivity index (χ3v) is 1.01. The van der Waals surface area contributed by atoms with Gasteiger partial charge < -0.3 is 14.0 Å². The normalized spacial score (nSPS) is 6.50. The van der Waals surface area contributed by atoms with Crippen molar-refractivity contribution < 1.29 is 87.5 Å². The summed E-state index contributed by atoms with van der Waals surface area (Å²) < 4.78 is 13.3. The fraction of sp³-hybridized carbons (Fsp3) is 0.375. The van der Waals surface area contributed by atoms with Gasteiger partial charge >= 0.3 is 66.4 Å². The molecule has 0 aromatic rings. The predicted molar refractivity (Wildman–Crippen MR) is 65.0 cm³/mol. The maximum absolute atomic E-state index is 10.4. The maximum Gasteiger partial charge on any atom is 1.00 e. The number of nitriles is 2. The van der Waals surface area contributed by atoms with Crippen LogP contribution in [0.25, 0.3) is 0 Å². The van der Waals surface area contributed by atoms with Crippen LogP contribution in [-0.2, 0) is 28.3 Å². The Bertz CT molecular complexity index is 332. The third kappa shape index (κ3) is 30.5. The fourth-order valence-electron chi connectivity index (χ4n) is 0.586. The Morgan fingerprint density at radius 2 is 1.00 bits per heavy atom. The molecule has 12 heteroatoms. The first kappa shape index (κ1) is 31.8. The standard InChI is InChI=1S/C6H10BO6.C2N2.BH4.2Na/c1-4(8)11-7(12-5(2)9)13-6(3)10;3-1-2-4;;;/h7H,1-3H3;;1H4;;/q-1;;-1;2*+1. The van der Waals surface area contributed by atoms with Crippen LogP contribution in [0.5, 0.6) is 0 Å². The van der Waals surface area contributed by atoms with Crippen molar-refractivity contribution in [2.45, 2.75) is 20.8 Å². The minimum absolute atomic E-state index is 0. The van der Waals surface area contributed by atoms with Crippen LogP contribution in [0.2, 0.25) is 0 Å². The van der Waals surface area contributed by atoms with E-state index in [4.69, 9.17) is 10.5 Å². The molecule has 0 aromatic carbocycles. The summed E-state index contributed by atoms with van der Waals surface area (Å²) in [4.78, 5) is 31.3. The van der Waals surface area contributed by atoms with E-state index < -0.39 is 25.2 Å². The number of nitrogens with zero attached hydrogens (tertiary/aromatic N) is 2. The van der Waals surface area contributed by atoms with Crippen LogP contribution in [0.3, 0.4) is 0 Å². The van der Waals surface area contributed by atoms with E-state index >= 15 is 0 Å². The van der Waals surface area contributed by atoms with Crippen LogP contribution in [0.4, 0.5) is 0 Å². The molecule has 0 rings (SSSR count). The van der Waals surface area contributed by atoms with E-state index in [2.05, 4.69) is 14.0 Å². The van der Waals surface area contributed by atoms with E-state index in [-0.39, 0.29) is 67.5 Å². The van der Waals surface area contributed by atoms with Gasteiger partial charge in [-0.05, 0) is 0 Å². The molecule has 0 aromatic heterocycles. The van der Waals surface area contributed by atoms with Gasteiger partial charge in [-0.15, -0.1) is 0 Å². The SMILES string of the molecule is CC(=O)O[BH-](OC(C)=O)OC(C)=O.N#CC#N.[BH4-].[Na+].[Na+]. The Hall–Kier alpha value is -0.480. The van der Waals surface area contributed by atoms with Gasteiger partial charge in [0.15, 0.2) is 12.1 Å². The molecule has 0 unspecified atom stereocenters. The molecule has 0 aliphatic carbocycles. The van der Waals surface area contributed by atoms with Crippen LogP contribution in [0.1, 0.15) is 20.8 Å². The largest absolute Gasteiger partial charge is 1.00 e. The molecule has 0 heterocycles. The summed E-state index contributed by atoms with van der Waals surface area (Å²) in [6.07, 6.45) is 0. The van der Waals surface area contributed by atoms with Gasteiger partial charge in [0.05, 0.1) is 0 Å². The van der Waals surface area contributed by atoms with Crippen molar-refractivity contribution >= 4 is 33.6 Å². The first-order valence-corrected chi connectivity index (χ1v) is 4.29. The molecule has 0 N–H and O–H groups in total. The quantitative estimate of drug-likeness (QED) is 0.470. The van der Waals surface area contributed by atoms with Gasteiger partial charge in [0.1, 0.15) is 0 Å². The van der Waals surface area contributed by atoms with Crippen molar-refractivity contribution in [2.75, 3.05) is 0 Å². The van der Waals surface area contributed by atoms with Gasteiger partial charge in [-0.25, -0.2) is 0 Å². The van der Waals surface area contributed by atoms with Crippen molar-refractivity contribution in [3.8, 4) is 12.1 Å². The van der Waals surface area contributed by atoms with Crippen LogP contribution < -0.4 is 59.1 Å². The van der Waals surface area contributed by atoms with Gasteiger partial charge in [0.25, 0.3) is 17.9 Å². The summed E-state index contributed by atoms with van der Waals surface area (Å²) >= 11 is 0. The van der Waals surface area contributed by atoms with Crippen molar-refractivity contribution in [1.82, 2.24) is 0 Å². The van der Waals surface area contributed by atoms with E-state index in [0.717, 1.165) is 20.8 Å². The number of carbonyl (C=O) groups is 3. The maximum atomic E-state index is 10.4. The topological polar surface area (TPSA) is 126 Å². The summed E-state index contributed by atoms with van der Waals surface area (Å²) in [7, 11) is -2.41. The zero-order valence-electron chi connectivity index (χ0n) is 11.6. The minimum Gasteiger partial charge on any atom is -0.625 e. The fourth-order valence-corrected chi connectivity index (χ4v) is 0.586. The molecule has 0 atom stereocenters. The molecule has 0 fully saturated rings. The molecule has 0 saturated heterocycles. The zero-order chi connectivity index (χ0) is 13.8. The first-order chi connectivity index (χ1) is 7.83. The molecule has 8 nitrogen and oxygen atoms in total. The molecule has 100 valence electrons. The van der Waals surface area contributed by atoms with Gasteiger partial charge in [-0.3, -0.25) is 14.4 Å². The van der Waals surface area contributed by atoms with Crippen molar-refractivity contribution in [3.05, 3.63) is 0 Å². The van der Waals surface area contributed by atoms with E-state index in [9.17, 15) is 14.4 Å². The van der Waals surface area contributed by atoms with Crippen LogP contribution in [-0.4, -0.2) is 33.6 Å². The Labute approximate surface area is 163 Å². The average molecular weight is 302 g/mol. The molecule has 20 heavy (non-hydrogen) atoms. The molecule has 0 bridgehead atoms. The molecular weight excluding hydrogens is 288 g/mol. The second-order valence-electron chi connectivity index (χ2n) is 2.48. The van der Waals surface area contributed by atoms with Gasteiger partial charge in [0, 0.05) is 20.8 Å². The van der Waals surface area contributed by atoms with Crippen molar-refractivity contribution in [3.63, 3.8) is 0 Å². The summed E-state index contributed by atoms with van der Waals surface area (Å²) in [5.41, 5.74) is 0. The molecular formula is C8H14B2N2Na2O6. The van der Waals surface area contributed by atoms with Crippen LogP contribution in [0.15, 0.2) is 0 Å². The Morgan fingerprint density at radius 1 is 0.800 bits per heavy atom. The molecule has 0 aliphatic heterocycles. The van der Waals surface area contributed by atoms with Gasteiger partial charge in [0.2, 0.25) is 0 Å². The number of hydrogen-bond acceptors (Lipinski definition) is 8. The van der Waals surface area contributed by atoms with Crippen molar-refractivity contribution in [1.29, 1.82) is 10.5 Å². The summed E-state index contributed by atoms with van der Waals surface area (Å²) in [6.45, 7) is 3.35. The minimum atomic E-state index is -2.41. The number of carbonyl (C=O) groups excluding carboxylic acids is 3. The second kappa shape index (κ2) is 20.8. The number of hydrogen-bond donors (Lipinski definition) is 0. The second-order valence-corrected chi connectivity index (χ2v) is 2.48. The smallest absolute Gasteiger partial charge is 0.625 e. The monoisotopic (exact) mass is 302 g/mol. The number of rotatable bonds is 3. The van der Waals surface area contributed by atoms with Gasteiger partial charge in [-0.2, -0.15) is 10.5 Å². The molecule has 0 saturated carbocycles. The van der Waals surface area contributed by atoms with E-state index in [0.29, 0.717) is 0 Å². The van der Waals surface area contributed by atoms with E-state index in [1.54, 1.807) is 0 Å². The Kier molecular flexibility index (Phi) is 33.1. The van der Waals surface area contributed by atoms with E-state index in [1.807, 2.05) is 0 Å². The van der Waals surface area contributed by atoms with Gasteiger partial charge in [-0.1, -0.05) is 8.41 Å². The zero-order valence-corrected chi connectivity index (χ0v) is 15.6. The average Bonchev–Trinajstić information content (AvgIpc) is 2.14. The molecule has 0 aliphatic rings. The Morgan fingerprint density at radius 3 is 1.10 bits per heavy atom. The summed E-state index contributed by atoms with van der Waals surface area (Å²) in [5, 5.41) is 14.5. The molecule has 0 spiro atoms. The summed E-state index contributed by atoms with van der Waals surface area (Å²) in [5.74, 6) is -2.03. The third-order valence-electron chi connectivity index (χ3n) is 1.01. The Balaban J connectivity index is -0.0000000951. The predicted octanol–water partition coefficient (Wildman–Crippen LogP) is -8.02. The summed E-state index contributed by atoms with van der Waals surface area (Å²) in [6, 6.07) is 2.47. The first-order valence-electron chi connectivity index (χ1n) is 4.29.